The molecule has 2 aromatic heterocycles. The van der Waals surface area contributed by atoms with Crippen LogP contribution in [-0.4, -0.2) is 15.1 Å². The van der Waals surface area contributed by atoms with Gasteiger partial charge in [0.2, 0.25) is 3.83 Å². The summed E-state index contributed by atoms with van der Waals surface area (Å²) >= 11 is 1.82. The van der Waals surface area contributed by atoms with Crippen LogP contribution in [0.1, 0.15) is 5.56 Å². The van der Waals surface area contributed by atoms with Crippen LogP contribution in [0.3, 0.4) is 0 Å². The van der Waals surface area contributed by atoms with E-state index in [-0.39, 0.29) is 11.6 Å². The molecule has 2 aromatic rings. The Morgan fingerprint density at radius 2 is 2.00 bits per heavy atom. The van der Waals surface area contributed by atoms with Gasteiger partial charge in [0, 0.05) is 28.8 Å². The summed E-state index contributed by atoms with van der Waals surface area (Å²) in [5.41, 5.74) is -0.603. The lowest BCUT2D eigenvalue weighted by Gasteiger charge is -2.04. The van der Waals surface area contributed by atoms with E-state index in [1.807, 2.05) is 22.6 Å². The number of pyridine rings is 1. The highest BCUT2D eigenvalue weighted by Gasteiger charge is 2.30. The Morgan fingerprint density at radius 3 is 2.44 bits per heavy atom. The summed E-state index contributed by atoms with van der Waals surface area (Å²) in [6, 6.07) is 2.10. The Balaban J connectivity index is 2.33. The molecule has 0 radical (unpaired) electrons. The molecule has 0 fully saturated rings. The summed E-state index contributed by atoms with van der Waals surface area (Å²) in [6.45, 7) is 0. The monoisotopic (exact) mass is 341 g/mol. The van der Waals surface area contributed by atoms with Crippen LogP contribution in [0.15, 0.2) is 22.9 Å². The summed E-state index contributed by atoms with van der Waals surface area (Å²) in [5, 5.41) is 3.50. The number of hydrogen-bond acceptors (Lipinski definition) is 4. The summed E-state index contributed by atoms with van der Waals surface area (Å²) in [6.07, 6.45) is -3.67. The fourth-order valence-corrected chi connectivity index (χ4v) is 1.32. The number of aromatic nitrogens is 3. The maximum atomic E-state index is 12.2. The van der Waals surface area contributed by atoms with E-state index < -0.39 is 11.7 Å². The largest absolute Gasteiger partial charge is 0.417 e. The summed E-state index contributed by atoms with van der Waals surface area (Å²) in [7, 11) is 0. The zero-order valence-electron chi connectivity index (χ0n) is 7.49. The van der Waals surface area contributed by atoms with Gasteiger partial charge in [0.15, 0.2) is 0 Å². The number of halogens is 4. The average molecular weight is 341 g/mol. The van der Waals surface area contributed by atoms with Gasteiger partial charge in [0.25, 0.3) is 5.89 Å². The third kappa shape index (κ3) is 2.31. The number of nitrogens with zero attached hydrogens (tertiary/aromatic N) is 3. The second-order valence-electron chi connectivity index (χ2n) is 2.80. The van der Waals surface area contributed by atoms with E-state index in [1.165, 1.54) is 6.07 Å². The van der Waals surface area contributed by atoms with Crippen LogP contribution in [0.5, 0.6) is 0 Å². The van der Waals surface area contributed by atoms with E-state index in [0.29, 0.717) is 3.83 Å². The van der Waals surface area contributed by atoms with Crippen molar-refractivity contribution in [2.24, 2.45) is 0 Å². The lowest BCUT2D eigenvalue weighted by molar-refractivity contribution is -0.137. The van der Waals surface area contributed by atoms with Crippen LogP contribution < -0.4 is 0 Å². The van der Waals surface area contributed by atoms with E-state index in [1.54, 1.807) is 0 Å². The fourth-order valence-electron chi connectivity index (χ4n) is 0.998. The number of hydrogen-bond donors (Lipinski definition) is 0. The van der Waals surface area contributed by atoms with Gasteiger partial charge < -0.3 is 4.52 Å². The molecule has 2 rings (SSSR count). The van der Waals surface area contributed by atoms with E-state index in [9.17, 15) is 13.2 Å². The molecule has 0 aliphatic rings. The van der Waals surface area contributed by atoms with Gasteiger partial charge in [-0.2, -0.15) is 18.2 Å². The molecule has 0 amide bonds. The average Bonchev–Trinajstić information content (AvgIpc) is 2.64. The van der Waals surface area contributed by atoms with E-state index in [4.69, 9.17) is 4.52 Å². The molecule has 0 unspecified atom stereocenters. The van der Waals surface area contributed by atoms with Crippen molar-refractivity contribution in [3.8, 4) is 11.6 Å². The van der Waals surface area contributed by atoms with Crippen molar-refractivity contribution in [1.29, 1.82) is 0 Å². The van der Waals surface area contributed by atoms with Crippen LogP contribution in [0.2, 0.25) is 0 Å². The van der Waals surface area contributed by atoms with Gasteiger partial charge in [-0.15, -0.1) is 0 Å². The molecule has 0 atom stereocenters. The minimum absolute atomic E-state index is 0.0955. The molecule has 0 spiro atoms. The zero-order chi connectivity index (χ0) is 11.8. The molecule has 0 saturated heterocycles. The Morgan fingerprint density at radius 1 is 1.25 bits per heavy atom. The maximum Gasteiger partial charge on any atom is 0.417 e. The summed E-state index contributed by atoms with van der Waals surface area (Å²) < 4.78 is 41.8. The lowest BCUT2D eigenvalue weighted by Crippen LogP contribution is -2.05. The van der Waals surface area contributed by atoms with Crippen molar-refractivity contribution in [2.45, 2.75) is 6.18 Å². The van der Waals surface area contributed by atoms with Crippen molar-refractivity contribution in [1.82, 2.24) is 15.1 Å². The molecule has 0 aliphatic heterocycles. The smallest absolute Gasteiger partial charge is 0.331 e. The Labute approximate surface area is 101 Å². The second-order valence-corrected chi connectivity index (χ2v) is 3.76. The fraction of sp³-hybridized carbons (Fsp3) is 0.125. The zero-order valence-corrected chi connectivity index (χ0v) is 9.65. The lowest BCUT2D eigenvalue weighted by atomic mass is 10.2. The SMILES string of the molecule is FC(F)(F)c1ccc(-c2nc(I)no2)nc1. The van der Waals surface area contributed by atoms with E-state index in [0.717, 1.165) is 12.3 Å². The molecule has 84 valence electrons. The predicted molar refractivity (Wildman–Crippen MR) is 55.2 cm³/mol. The Kier molecular flexibility index (Phi) is 2.82. The quantitative estimate of drug-likeness (QED) is 0.749. The second kappa shape index (κ2) is 4.00. The standard InChI is InChI=1S/C8H3F3IN3O/c9-8(10,11)4-1-2-5(13-3-4)6-14-7(12)15-16-6/h1-3H. The van der Waals surface area contributed by atoms with Crippen LogP contribution >= 0.6 is 22.6 Å². The van der Waals surface area contributed by atoms with Crippen molar-refractivity contribution in [3.63, 3.8) is 0 Å². The third-order valence-electron chi connectivity index (χ3n) is 1.71. The van der Waals surface area contributed by atoms with Crippen molar-refractivity contribution in [3.05, 3.63) is 27.7 Å². The summed E-state index contributed by atoms with van der Waals surface area (Å²) in [4.78, 5) is 7.45. The molecule has 4 nitrogen and oxygen atoms in total. The van der Waals surface area contributed by atoms with Crippen LogP contribution in [-0.2, 0) is 6.18 Å². The van der Waals surface area contributed by atoms with Gasteiger partial charge in [-0.1, -0.05) is 5.16 Å². The molecule has 0 aliphatic carbocycles. The highest BCUT2D eigenvalue weighted by atomic mass is 127. The van der Waals surface area contributed by atoms with Crippen LogP contribution in [0, 0.1) is 3.83 Å². The molecule has 0 N–H and O–H groups in total. The van der Waals surface area contributed by atoms with Gasteiger partial charge in [-0.25, -0.2) is 0 Å². The van der Waals surface area contributed by atoms with Gasteiger partial charge >= 0.3 is 6.18 Å². The molecule has 16 heavy (non-hydrogen) atoms. The molecule has 0 aromatic carbocycles. The molecule has 8 heteroatoms. The highest BCUT2D eigenvalue weighted by Crippen LogP contribution is 2.29. The van der Waals surface area contributed by atoms with Crippen molar-refractivity contribution < 1.29 is 17.7 Å². The van der Waals surface area contributed by atoms with Gasteiger partial charge in [0.1, 0.15) is 5.69 Å². The molecule has 0 bridgehead atoms. The first-order chi connectivity index (χ1) is 7.47. The Hall–Kier alpha value is -1.19. The summed E-state index contributed by atoms with van der Waals surface area (Å²) in [5.74, 6) is 0.0955. The highest BCUT2D eigenvalue weighted by molar-refractivity contribution is 14.1. The third-order valence-corrected chi connectivity index (χ3v) is 2.15. The van der Waals surface area contributed by atoms with Crippen molar-refractivity contribution in [2.75, 3.05) is 0 Å². The maximum absolute atomic E-state index is 12.2. The first kappa shape index (κ1) is 11.3. The van der Waals surface area contributed by atoms with E-state index >= 15 is 0 Å². The molecular weight excluding hydrogens is 338 g/mol. The minimum Gasteiger partial charge on any atom is -0.331 e. The first-order valence-corrected chi connectivity index (χ1v) is 5.07. The first-order valence-electron chi connectivity index (χ1n) is 3.99. The van der Waals surface area contributed by atoms with Crippen molar-refractivity contribution >= 4 is 22.6 Å². The van der Waals surface area contributed by atoms with Gasteiger partial charge in [0.05, 0.1) is 5.56 Å². The molecule has 0 saturated carbocycles. The normalized spacial score (nSPS) is 11.8. The number of rotatable bonds is 1. The molecular formula is C8H3F3IN3O. The van der Waals surface area contributed by atoms with Gasteiger partial charge in [-0.3, -0.25) is 4.98 Å². The number of alkyl halides is 3. The Bertz CT molecular complexity index is 494. The van der Waals surface area contributed by atoms with Gasteiger partial charge in [-0.05, 0) is 12.1 Å². The van der Waals surface area contributed by atoms with Crippen LogP contribution in [0.4, 0.5) is 13.2 Å². The minimum atomic E-state index is -4.39. The predicted octanol–water partition coefficient (Wildman–Crippen LogP) is 2.76. The van der Waals surface area contributed by atoms with Crippen LogP contribution in [0.25, 0.3) is 11.6 Å². The topological polar surface area (TPSA) is 51.8 Å². The van der Waals surface area contributed by atoms with E-state index in [2.05, 4.69) is 15.1 Å². The molecule has 2 heterocycles.